The van der Waals surface area contributed by atoms with Crippen molar-refractivity contribution in [2.24, 2.45) is 0 Å². The van der Waals surface area contributed by atoms with E-state index in [2.05, 4.69) is 10.6 Å². The average Bonchev–Trinajstić information content (AvgIpc) is 2.80. The lowest BCUT2D eigenvalue weighted by atomic mass is 10.1. The molecule has 2 rings (SSSR count). The Bertz CT molecular complexity index is 445. The summed E-state index contributed by atoms with van der Waals surface area (Å²) in [7, 11) is 0. The van der Waals surface area contributed by atoms with Crippen molar-refractivity contribution in [3.05, 3.63) is 35.4 Å². The van der Waals surface area contributed by atoms with Crippen molar-refractivity contribution in [3.63, 3.8) is 0 Å². The van der Waals surface area contributed by atoms with Gasteiger partial charge in [0.25, 0.3) is 5.91 Å². The number of carbonyl (C=O) groups excluding carboxylic acids is 1. The maximum absolute atomic E-state index is 12.7. The van der Waals surface area contributed by atoms with Crippen LogP contribution in [-0.4, -0.2) is 25.0 Å². The predicted molar refractivity (Wildman–Crippen MR) is 67.4 cm³/mol. The maximum atomic E-state index is 12.7. The molecule has 1 amide bonds. The van der Waals surface area contributed by atoms with Crippen LogP contribution >= 0.6 is 12.4 Å². The van der Waals surface area contributed by atoms with Crippen molar-refractivity contribution in [1.82, 2.24) is 10.6 Å². The van der Waals surface area contributed by atoms with E-state index in [0.717, 1.165) is 19.0 Å². The third kappa shape index (κ3) is 3.84. The number of alkyl halides is 3. The quantitative estimate of drug-likeness (QED) is 0.878. The summed E-state index contributed by atoms with van der Waals surface area (Å²) in [4.78, 5) is 11.8. The second kappa shape index (κ2) is 6.25. The second-order valence-electron chi connectivity index (χ2n) is 4.21. The molecule has 1 unspecified atom stereocenters. The van der Waals surface area contributed by atoms with E-state index in [9.17, 15) is 18.0 Å². The largest absolute Gasteiger partial charge is 0.417 e. The number of hydrogen-bond donors (Lipinski definition) is 2. The van der Waals surface area contributed by atoms with Crippen LogP contribution < -0.4 is 10.6 Å². The Kier molecular flexibility index (Phi) is 5.20. The standard InChI is InChI=1S/C12H13F3N2O.ClH/c13-12(14,15)10-4-2-1-3-9(10)11(18)17-8-5-6-16-7-8;/h1-4,8,16H,5-7H2,(H,17,18);1H. The Labute approximate surface area is 115 Å². The van der Waals surface area contributed by atoms with E-state index < -0.39 is 17.6 Å². The summed E-state index contributed by atoms with van der Waals surface area (Å²) >= 11 is 0. The second-order valence-corrected chi connectivity index (χ2v) is 4.21. The number of rotatable bonds is 2. The summed E-state index contributed by atoms with van der Waals surface area (Å²) in [5.74, 6) is -0.670. The lowest BCUT2D eigenvalue weighted by Crippen LogP contribution is -2.37. The lowest BCUT2D eigenvalue weighted by molar-refractivity contribution is -0.137. The molecule has 1 aliphatic rings. The molecule has 0 bridgehead atoms. The van der Waals surface area contributed by atoms with Gasteiger partial charge in [0.15, 0.2) is 0 Å². The first-order chi connectivity index (χ1) is 8.48. The van der Waals surface area contributed by atoms with Gasteiger partial charge < -0.3 is 10.6 Å². The minimum Gasteiger partial charge on any atom is -0.348 e. The highest BCUT2D eigenvalue weighted by Crippen LogP contribution is 2.31. The van der Waals surface area contributed by atoms with E-state index in [1.807, 2.05) is 0 Å². The first kappa shape index (κ1) is 15.8. The van der Waals surface area contributed by atoms with Crippen LogP contribution in [0.5, 0.6) is 0 Å². The lowest BCUT2D eigenvalue weighted by Gasteiger charge is -2.15. The Hall–Kier alpha value is -1.27. The van der Waals surface area contributed by atoms with E-state index in [1.54, 1.807) is 0 Å². The minimum atomic E-state index is -4.51. The van der Waals surface area contributed by atoms with Gasteiger partial charge in [0, 0.05) is 12.6 Å². The first-order valence-corrected chi connectivity index (χ1v) is 5.66. The van der Waals surface area contributed by atoms with Crippen LogP contribution in [0, 0.1) is 0 Å². The molecule has 1 aromatic rings. The molecule has 19 heavy (non-hydrogen) atoms. The number of halogens is 4. The SMILES string of the molecule is Cl.O=C(NC1CCNC1)c1ccccc1C(F)(F)F. The van der Waals surface area contributed by atoms with Crippen LogP contribution in [0.25, 0.3) is 0 Å². The van der Waals surface area contributed by atoms with E-state index in [0.29, 0.717) is 6.54 Å². The normalized spacial score (nSPS) is 18.8. The molecule has 1 fully saturated rings. The summed E-state index contributed by atoms with van der Waals surface area (Å²) < 4.78 is 38.2. The average molecular weight is 295 g/mol. The molecule has 0 radical (unpaired) electrons. The van der Waals surface area contributed by atoms with E-state index in [-0.39, 0.29) is 24.0 Å². The molecule has 1 aliphatic heterocycles. The molecule has 0 aromatic heterocycles. The zero-order chi connectivity index (χ0) is 13.2. The molecule has 1 atom stereocenters. The number of benzene rings is 1. The van der Waals surface area contributed by atoms with Crippen LogP contribution in [-0.2, 0) is 6.18 Å². The van der Waals surface area contributed by atoms with Crippen molar-refractivity contribution < 1.29 is 18.0 Å². The molecule has 0 saturated carbocycles. The third-order valence-corrected chi connectivity index (χ3v) is 2.87. The highest BCUT2D eigenvalue weighted by molar-refractivity contribution is 5.96. The number of hydrogen-bond acceptors (Lipinski definition) is 2. The van der Waals surface area contributed by atoms with Crippen LogP contribution in [0.2, 0.25) is 0 Å². The summed E-state index contributed by atoms with van der Waals surface area (Å²) in [5.41, 5.74) is -1.22. The Morgan fingerprint density at radius 3 is 2.58 bits per heavy atom. The van der Waals surface area contributed by atoms with Crippen molar-refractivity contribution >= 4 is 18.3 Å². The molecule has 3 nitrogen and oxygen atoms in total. The van der Waals surface area contributed by atoms with E-state index in [1.165, 1.54) is 18.2 Å². The van der Waals surface area contributed by atoms with Crippen molar-refractivity contribution in [2.75, 3.05) is 13.1 Å². The van der Waals surface area contributed by atoms with Gasteiger partial charge in [0.1, 0.15) is 0 Å². The maximum Gasteiger partial charge on any atom is 0.417 e. The van der Waals surface area contributed by atoms with Crippen molar-refractivity contribution in [1.29, 1.82) is 0 Å². The predicted octanol–water partition coefficient (Wildman–Crippen LogP) is 2.22. The Morgan fingerprint density at radius 2 is 2.00 bits per heavy atom. The smallest absolute Gasteiger partial charge is 0.348 e. The molecule has 1 saturated heterocycles. The van der Waals surface area contributed by atoms with Gasteiger partial charge in [-0.25, -0.2) is 0 Å². The number of amides is 1. The number of carbonyl (C=O) groups is 1. The van der Waals surface area contributed by atoms with Crippen LogP contribution in [0.15, 0.2) is 24.3 Å². The van der Waals surface area contributed by atoms with Gasteiger partial charge in [-0.3, -0.25) is 4.79 Å². The minimum absolute atomic E-state index is 0. The molecular formula is C12H14ClF3N2O. The highest BCUT2D eigenvalue weighted by atomic mass is 35.5. The summed E-state index contributed by atoms with van der Waals surface area (Å²) in [5, 5.41) is 5.64. The number of nitrogens with one attached hydrogen (secondary N) is 2. The van der Waals surface area contributed by atoms with Crippen molar-refractivity contribution in [2.45, 2.75) is 18.6 Å². The van der Waals surface area contributed by atoms with Gasteiger partial charge in [-0.05, 0) is 25.1 Å². The first-order valence-electron chi connectivity index (χ1n) is 5.66. The van der Waals surface area contributed by atoms with E-state index >= 15 is 0 Å². The van der Waals surface area contributed by atoms with E-state index in [4.69, 9.17) is 0 Å². The molecule has 2 N–H and O–H groups in total. The fourth-order valence-electron chi connectivity index (χ4n) is 1.97. The third-order valence-electron chi connectivity index (χ3n) is 2.87. The summed E-state index contributed by atoms with van der Waals surface area (Å²) in [6.45, 7) is 1.37. The van der Waals surface area contributed by atoms with Crippen LogP contribution in [0.1, 0.15) is 22.3 Å². The summed E-state index contributed by atoms with van der Waals surface area (Å²) in [6.07, 6.45) is -3.78. The van der Waals surface area contributed by atoms with Gasteiger partial charge in [0.05, 0.1) is 11.1 Å². The van der Waals surface area contributed by atoms with Gasteiger partial charge in [-0.2, -0.15) is 13.2 Å². The molecule has 0 spiro atoms. The Balaban J connectivity index is 0.00000180. The zero-order valence-electron chi connectivity index (χ0n) is 9.96. The summed E-state index contributed by atoms with van der Waals surface area (Å²) in [6, 6.07) is 4.72. The molecule has 1 heterocycles. The Morgan fingerprint density at radius 1 is 1.32 bits per heavy atom. The van der Waals surface area contributed by atoms with Gasteiger partial charge >= 0.3 is 6.18 Å². The molecule has 106 valence electrons. The van der Waals surface area contributed by atoms with Crippen LogP contribution in [0.4, 0.5) is 13.2 Å². The molecule has 0 aliphatic carbocycles. The molecule has 1 aromatic carbocycles. The highest BCUT2D eigenvalue weighted by Gasteiger charge is 2.35. The fraction of sp³-hybridized carbons (Fsp3) is 0.417. The van der Waals surface area contributed by atoms with Gasteiger partial charge in [-0.15, -0.1) is 12.4 Å². The molecule has 7 heteroatoms. The van der Waals surface area contributed by atoms with Crippen LogP contribution in [0.3, 0.4) is 0 Å². The topological polar surface area (TPSA) is 41.1 Å². The molecular weight excluding hydrogens is 281 g/mol. The fourth-order valence-corrected chi connectivity index (χ4v) is 1.97. The zero-order valence-corrected chi connectivity index (χ0v) is 10.8. The monoisotopic (exact) mass is 294 g/mol. The van der Waals surface area contributed by atoms with Gasteiger partial charge in [-0.1, -0.05) is 12.1 Å². The van der Waals surface area contributed by atoms with Gasteiger partial charge in [0.2, 0.25) is 0 Å². The van der Waals surface area contributed by atoms with Crippen molar-refractivity contribution in [3.8, 4) is 0 Å².